The monoisotopic (exact) mass is 363 g/mol. The van der Waals surface area contributed by atoms with Crippen LogP contribution in [-0.2, 0) is 25.6 Å². The minimum atomic E-state index is 0.0751. The Morgan fingerprint density at radius 1 is 1.39 bits per heavy atom. The van der Waals surface area contributed by atoms with E-state index >= 15 is 0 Å². The lowest BCUT2D eigenvalue weighted by molar-refractivity contribution is 0.727. The maximum Gasteiger partial charge on any atom is 0.262 e. The smallest absolute Gasteiger partial charge is 0.262 e. The van der Waals surface area contributed by atoms with Gasteiger partial charge in [-0.05, 0) is 36.5 Å². The van der Waals surface area contributed by atoms with Crippen LogP contribution in [0.5, 0.6) is 0 Å². The highest BCUT2D eigenvalue weighted by molar-refractivity contribution is 7.98. The Labute approximate surface area is 146 Å². The molecule has 7 heteroatoms. The van der Waals surface area contributed by atoms with E-state index in [2.05, 4.69) is 4.98 Å². The molecule has 0 saturated carbocycles. The van der Waals surface area contributed by atoms with Gasteiger partial charge in [0.15, 0.2) is 5.16 Å². The van der Waals surface area contributed by atoms with E-state index in [9.17, 15) is 4.79 Å². The molecule has 0 saturated heterocycles. The van der Waals surface area contributed by atoms with Crippen LogP contribution >= 0.6 is 34.7 Å². The van der Waals surface area contributed by atoms with Crippen molar-refractivity contribution in [1.29, 1.82) is 0 Å². The normalized spacial score (nSPS) is 13.7. The molecule has 0 atom stereocenters. The van der Waals surface area contributed by atoms with Crippen molar-refractivity contribution < 1.29 is 0 Å². The molecule has 0 radical (unpaired) electrons. The second-order valence-corrected chi connectivity index (χ2v) is 7.99. The van der Waals surface area contributed by atoms with Crippen molar-refractivity contribution in [3.05, 3.63) is 49.8 Å². The van der Waals surface area contributed by atoms with Crippen LogP contribution in [0.1, 0.15) is 22.4 Å². The van der Waals surface area contributed by atoms with Crippen LogP contribution in [0.2, 0.25) is 5.15 Å². The van der Waals surface area contributed by atoms with E-state index in [4.69, 9.17) is 16.6 Å². The second-order valence-electron chi connectivity index (χ2n) is 5.57. The average molecular weight is 364 g/mol. The summed E-state index contributed by atoms with van der Waals surface area (Å²) in [4.78, 5) is 23.7. The zero-order valence-corrected chi connectivity index (χ0v) is 14.9. The summed E-state index contributed by atoms with van der Waals surface area (Å²) in [5.41, 5.74) is 2.37. The van der Waals surface area contributed by atoms with E-state index in [-0.39, 0.29) is 5.56 Å². The van der Waals surface area contributed by atoms with Crippen LogP contribution in [0.25, 0.3) is 10.2 Å². The molecule has 0 bridgehead atoms. The third-order valence-corrected chi connectivity index (χ3v) is 6.57. The summed E-state index contributed by atoms with van der Waals surface area (Å²) in [6, 6.07) is 3.72. The zero-order chi connectivity index (χ0) is 16.0. The largest absolute Gasteiger partial charge is 0.290 e. The Balaban J connectivity index is 1.69. The number of rotatable bonds is 3. The number of hydrogen-bond donors (Lipinski definition) is 0. The van der Waals surface area contributed by atoms with E-state index in [0.29, 0.717) is 10.9 Å². The molecule has 0 unspecified atom stereocenters. The standard InChI is InChI=1S/C16H14ClN3OS2/c1-20-15(21)13-10-3-2-4-11(10)23-14(13)19-16(20)22-8-9-5-6-12(17)18-7-9/h5-7H,2-4,8H2,1H3. The molecule has 4 nitrogen and oxygen atoms in total. The van der Waals surface area contributed by atoms with Gasteiger partial charge >= 0.3 is 0 Å². The molecule has 3 aromatic heterocycles. The lowest BCUT2D eigenvalue weighted by Gasteiger charge is -2.07. The molecule has 1 aliphatic carbocycles. The van der Waals surface area contributed by atoms with E-state index < -0.39 is 0 Å². The number of fused-ring (bicyclic) bond motifs is 3. The first-order valence-corrected chi connectivity index (χ1v) is 9.56. The lowest BCUT2D eigenvalue weighted by atomic mass is 10.2. The lowest BCUT2D eigenvalue weighted by Crippen LogP contribution is -2.20. The van der Waals surface area contributed by atoms with Gasteiger partial charge in [-0.15, -0.1) is 11.3 Å². The predicted molar refractivity (Wildman–Crippen MR) is 95.7 cm³/mol. The van der Waals surface area contributed by atoms with Crippen LogP contribution < -0.4 is 5.56 Å². The predicted octanol–water partition coefficient (Wildman–Crippen LogP) is 3.82. The topological polar surface area (TPSA) is 47.8 Å². The van der Waals surface area contributed by atoms with Crippen LogP contribution in [0, 0.1) is 0 Å². The van der Waals surface area contributed by atoms with Crippen molar-refractivity contribution in [3.8, 4) is 0 Å². The Morgan fingerprint density at radius 2 is 2.26 bits per heavy atom. The highest BCUT2D eigenvalue weighted by Gasteiger charge is 2.22. The molecule has 0 fully saturated rings. The number of pyridine rings is 1. The Kier molecular flexibility index (Phi) is 3.91. The van der Waals surface area contributed by atoms with Gasteiger partial charge in [-0.25, -0.2) is 9.97 Å². The highest BCUT2D eigenvalue weighted by Crippen LogP contribution is 2.35. The molecule has 3 aromatic rings. The number of hydrogen-bond acceptors (Lipinski definition) is 5. The molecular weight excluding hydrogens is 350 g/mol. The van der Waals surface area contributed by atoms with Crippen LogP contribution in [0.15, 0.2) is 28.3 Å². The number of halogens is 1. The van der Waals surface area contributed by atoms with Crippen molar-refractivity contribution in [2.45, 2.75) is 30.2 Å². The average Bonchev–Trinajstić information content (AvgIpc) is 3.11. The van der Waals surface area contributed by atoms with Crippen LogP contribution in [0.4, 0.5) is 0 Å². The van der Waals surface area contributed by atoms with Gasteiger partial charge in [-0.1, -0.05) is 29.4 Å². The number of aryl methyl sites for hydroxylation is 2. The van der Waals surface area contributed by atoms with Crippen LogP contribution in [0.3, 0.4) is 0 Å². The maximum absolute atomic E-state index is 12.7. The van der Waals surface area contributed by atoms with Gasteiger partial charge in [0.05, 0.1) is 5.39 Å². The number of aromatic nitrogens is 3. The third-order valence-electron chi connectivity index (χ3n) is 4.06. The third kappa shape index (κ3) is 2.69. The van der Waals surface area contributed by atoms with Crippen molar-refractivity contribution >= 4 is 44.9 Å². The first-order chi connectivity index (χ1) is 11.1. The molecule has 0 N–H and O–H groups in total. The first-order valence-electron chi connectivity index (χ1n) is 7.38. The highest BCUT2D eigenvalue weighted by atomic mass is 35.5. The summed E-state index contributed by atoms with van der Waals surface area (Å²) in [5, 5.41) is 2.07. The second kappa shape index (κ2) is 5.92. The van der Waals surface area contributed by atoms with E-state index in [1.54, 1.807) is 47.0 Å². The Bertz CT molecular complexity index is 947. The van der Waals surface area contributed by atoms with Gasteiger partial charge in [-0.2, -0.15) is 0 Å². The molecule has 0 amide bonds. The summed E-state index contributed by atoms with van der Waals surface area (Å²) in [5.74, 6) is 0.709. The molecule has 1 aliphatic rings. The molecule has 0 aromatic carbocycles. The SMILES string of the molecule is Cn1c(SCc2ccc(Cl)nc2)nc2sc3c(c2c1=O)CCC3. The fourth-order valence-corrected chi connectivity index (χ4v) is 5.19. The van der Waals surface area contributed by atoms with Crippen molar-refractivity contribution in [2.24, 2.45) is 7.05 Å². The number of thiophene rings is 1. The zero-order valence-electron chi connectivity index (χ0n) is 12.5. The van der Waals surface area contributed by atoms with E-state index in [1.165, 1.54) is 10.4 Å². The molecule has 3 heterocycles. The molecule has 0 aliphatic heterocycles. The quantitative estimate of drug-likeness (QED) is 0.403. The van der Waals surface area contributed by atoms with E-state index in [1.807, 2.05) is 6.07 Å². The molecular formula is C16H14ClN3OS2. The fraction of sp³-hybridized carbons (Fsp3) is 0.312. The summed E-state index contributed by atoms with van der Waals surface area (Å²) >= 11 is 9.03. The summed E-state index contributed by atoms with van der Waals surface area (Å²) in [6.07, 6.45) is 5.00. The van der Waals surface area contributed by atoms with Crippen molar-refractivity contribution in [3.63, 3.8) is 0 Å². The summed E-state index contributed by atoms with van der Waals surface area (Å²) in [7, 11) is 1.80. The molecule has 118 valence electrons. The van der Waals surface area contributed by atoms with Crippen molar-refractivity contribution in [2.75, 3.05) is 0 Å². The molecule has 23 heavy (non-hydrogen) atoms. The summed E-state index contributed by atoms with van der Waals surface area (Å²) < 4.78 is 1.67. The maximum atomic E-state index is 12.7. The van der Waals surface area contributed by atoms with Crippen molar-refractivity contribution in [1.82, 2.24) is 14.5 Å². The van der Waals surface area contributed by atoms with Gasteiger partial charge in [0.2, 0.25) is 0 Å². The van der Waals surface area contributed by atoms with E-state index in [0.717, 1.165) is 40.2 Å². The minimum absolute atomic E-state index is 0.0751. The molecule has 4 rings (SSSR count). The Hall–Kier alpha value is -1.37. The fourth-order valence-electron chi connectivity index (χ4n) is 2.87. The van der Waals surface area contributed by atoms with Gasteiger partial charge in [0.25, 0.3) is 5.56 Å². The van der Waals surface area contributed by atoms with Gasteiger partial charge in [0, 0.05) is 23.9 Å². The van der Waals surface area contributed by atoms with Gasteiger partial charge in [-0.3, -0.25) is 9.36 Å². The minimum Gasteiger partial charge on any atom is -0.290 e. The van der Waals surface area contributed by atoms with Crippen LogP contribution in [-0.4, -0.2) is 14.5 Å². The number of nitrogens with zero attached hydrogens (tertiary/aromatic N) is 3. The van der Waals surface area contributed by atoms with Gasteiger partial charge < -0.3 is 0 Å². The first kappa shape index (κ1) is 15.2. The number of thioether (sulfide) groups is 1. The van der Waals surface area contributed by atoms with Gasteiger partial charge in [0.1, 0.15) is 9.98 Å². The summed E-state index contributed by atoms with van der Waals surface area (Å²) in [6.45, 7) is 0. The molecule has 0 spiro atoms. The Morgan fingerprint density at radius 3 is 3.04 bits per heavy atom.